The monoisotopic (exact) mass is 505 g/mol. The van der Waals surface area contributed by atoms with Crippen LogP contribution in [0.3, 0.4) is 0 Å². The van der Waals surface area contributed by atoms with Gasteiger partial charge in [0.25, 0.3) is 0 Å². The van der Waals surface area contributed by atoms with E-state index < -0.39 is 11.0 Å². The molecule has 3 nitrogen and oxygen atoms in total. The summed E-state index contributed by atoms with van der Waals surface area (Å²) < 4.78 is 6.45. The van der Waals surface area contributed by atoms with Gasteiger partial charge in [-0.15, -0.1) is 0 Å². The zero-order valence-corrected chi connectivity index (χ0v) is 21.9. The van der Waals surface area contributed by atoms with E-state index in [0.29, 0.717) is 5.92 Å². The molecule has 3 heteroatoms. The van der Waals surface area contributed by atoms with Crippen LogP contribution < -0.4 is 9.64 Å². The third-order valence-electron chi connectivity index (χ3n) is 8.95. The van der Waals surface area contributed by atoms with Gasteiger partial charge in [0.1, 0.15) is 22.5 Å². The molecule has 2 heterocycles. The van der Waals surface area contributed by atoms with Gasteiger partial charge < -0.3 is 4.74 Å². The Morgan fingerprint density at radius 1 is 0.590 bits per heavy atom. The zero-order chi connectivity index (χ0) is 26.4. The molecular weight excluding hydrogens is 478 g/mol. The number of para-hydroxylation sites is 2. The van der Waals surface area contributed by atoms with Gasteiger partial charge in [-0.2, -0.15) is 0 Å². The molecule has 5 aromatic carbocycles. The summed E-state index contributed by atoms with van der Waals surface area (Å²) in [4.78, 5) is 17.2. The van der Waals surface area contributed by atoms with Crippen LogP contribution in [0.4, 0.5) is 5.69 Å². The van der Waals surface area contributed by atoms with Gasteiger partial charge in [-0.05, 0) is 58.0 Å². The summed E-state index contributed by atoms with van der Waals surface area (Å²) in [7, 11) is 0. The molecule has 1 fully saturated rings. The Morgan fingerprint density at radius 3 is 1.56 bits per heavy atom. The molecule has 0 N–H and O–H groups in total. The summed E-state index contributed by atoms with van der Waals surface area (Å²) in [6, 6.07) is 41.9. The van der Waals surface area contributed by atoms with E-state index in [2.05, 4.69) is 104 Å². The van der Waals surface area contributed by atoms with Crippen molar-refractivity contribution < 1.29 is 9.53 Å². The Bertz CT molecular complexity index is 1710. The Balaban J connectivity index is 1.53. The van der Waals surface area contributed by atoms with Gasteiger partial charge in [-0.25, -0.2) is 0 Å². The van der Waals surface area contributed by atoms with E-state index >= 15 is 4.79 Å². The molecule has 0 bridgehead atoms. The van der Waals surface area contributed by atoms with Gasteiger partial charge in [0.05, 0.1) is 0 Å². The van der Waals surface area contributed by atoms with Gasteiger partial charge in [0.15, 0.2) is 0 Å². The summed E-state index contributed by atoms with van der Waals surface area (Å²) >= 11 is 0. The Kier molecular flexibility index (Phi) is 4.42. The number of ether oxygens (including phenoxy) is 1. The number of fused-ring (bicyclic) bond motifs is 10. The van der Waals surface area contributed by atoms with Crippen molar-refractivity contribution in [3.63, 3.8) is 0 Å². The number of β-lactam (4-membered cyclic amide) rings is 1. The summed E-state index contributed by atoms with van der Waals surface area (Å²) in [5.41, 5.74) is 6.84. The molecule has 1 saturated heterocycles. The van der Waals surface area contributed by atoms with Gasteiger partial charge >= 0.3 is 0 Å². The number of carbonyl (C=O) groups is 1. The van der Waals surface area contributed by atoms with E-state index in [4.69, 9.17) is 4.74 Å². The Hall–Kier alpha value is -4.63. The van der Waals surface area contributed by atoms with E-state index in [0.717, 1.165) is 39.4 Å². The van der Waals surface area contributed by atoms with Crippen LogP contribution in [0, 0.1) is 0 Å². The number of hydrogen-bond acceptors (Lipinski definition) is 2. The third-order valence-corrected chi connectivity index (χ3v) is 8.95. The largest absolute Gasteiger partial charge is 0.457 e. The lowest BCUT2D eigenvalue weighted by Gasteiger charge is -2.65. The number of benzene rings is 5. The van der Waals surface area contributed by atoms with E-state index in [-0.39, 0.29) is 5.91 Å². The van der Waals surface area contributed by atoms with Gasteiger partial charge in [0, 0.05) is 16.8 Å². The van der Waals surface area contributed by atoms with Crippen LogP contribution in [-0.4, -0.2) is 5.91 Å². The molecule has 0 unspecified atom stereocenters. The van der Waals surface area contributed by atoms with Crippen molar-refractivity contribution in [2.75, 3.05) is 4.90 Å². The maximum atomic E-state index is 15.1. The number of nitrogens with zero attached hydrogens (tertiary/aromatic N) is 1. The van der Waals surface area contributed by atoms with Crippen LogP contribution in [0.2, 0.25) is 0 Å². The summed E-state index contributed by atoms with van der Waals surface area (Å²) in [5, 5.41) is 0. The minimum Gasteiger partial charge on any atom is -0.457 e. The van der Waals surface area contributed by atoms with E-state index in [9.17, 15) is 0 Å². The fourth-order valence-corrected chi connectivity index (χ4v) is 7.38. The highest BCUT2D eigenvalue weighted by Crippen LogP contribution is 2.72. The first-order valence-electron chi connectivity index (χ1n) is 13.6. The number of rotatable bonds is 2. The molecular formula is C36H27NO2. The molecule has 2 aliphatic heterocycles. The summed E-state index contributed by atoms with van der Waals surface area (Å²) in [6.45, 7) is 4.39. The van der Waals surface area contributed by atoms with Crippen molar-refractivity contribution in [3.05, 3.63) is 149 Å². The van der Waals surface area contributed by atoms with Crippen LogP contribution in [0.15, 0.2) is 121 Å². The van der Waals surface area contributed by atoms with Crippen molar-refractivity contribution in [1.82, 2.24) is 0 Å². The average Bonchev–Trinajstić information content (AvgIpc) is 3.29. The number of hydrogen-bond donors (Lipinski definition) is 0. The van der Waals surface area contributed by atoms with Crippen LogP contribution in [0.1, 0.15) is 47.6 Å². The third kappa shape index (κ3) is 2.51. The van der Waals surface area contributed by atoms with Crippen molar-refractivity contribution in [1.29, 1.82) is 0 Å². The minimum atomic E-state index is -0.988. The molecule has 39 heavy (non-hydrogen) atoms. The maximum absolute atomic E-state index is 15.1. The predicted molar refractivity (Wildman–Crippen MR) is 154 cm³/mol. The van der Waals surface area contributed by atoms with Crippen LogP contribution >= 0.6 is 0 Å². The Labute approximate surface area is 228 Å². The molecule has 0 aromatic heterocycles. The zero-order valence-electron chi connectivity index (χ0n) is 21.9. The van der Waals surface area contributed by atoms with Crippen LogP contribution in [0.25, 0.3) is 11.1 Å². The van der Waals surface area contributed by atoms with Gasteiger partial charge in [-0.3, -0.25) is 9.69 Å². The highest BCUT2D eigenvalue weighted by atomic mass is 16.5. The van der Waals surface area contributed by atoms with E-state index in [1.807, 2.05) is 36.4 Å². The topological polar surface area (TPSA) is 29.5 Å². The highest BCUT2D eigenvalue weighted by molar-refractivity contribution is 6.19. The number of anilines is 1. The summed E-state index contributed by atoms with van der Waals surface area (Å²) in [5.74, 6) is 1.95. The highest BCUT2D eigenvalue weighted by Gasteiger charge is 2.78. The SMILES string of the molecule is CC(C)c1ccc(N2C(=O)C3(c4ccccc4Oc4ccccc43)C23c2ccccc2-c2ccccc23)cc1. The molecule has 1 aliphatic carbocycles. The van der Waals surface area contributed by atoms with Gasteiger partial charge in [-0.1, -0.05) is 111 Å². The minimum absolute atomic E-state index is 0.0644. The molecule has 0 atom stereocenters. The van der Waals surface area contributed by atoms with Crippen molar-refractivity contribution in [2.24, 2.45) is 0 Å². The first-order chi connectivity index (χ1) is 19.1. The van der Waals surface area contributed by atoms with Gasteiger partial charge in [0.2, 0.25) is 5.91 Å². The van der Waals surface area contributed by atoms with Crippen LogP contribution in [-0.2, 0) is 15.7 Å². The van der Waals surface area contributed by atoms with E-state index in [1.165, 1.54) is 16.7 Å². The standard InChI is InChI=1S/C36H27NO2/c1-23(2)24-19-21-25(22-20-24)37-34(38)35(30-15-7-9-17-32(30)39-33-18-10-8-16-31(33)35)36(37)28-13-5-3-11-26(28)27-12-4-6-14-29(27)36/h3-23H,1-2H3. The number of amides is 1. The molecule has 188 valence electrons. The maximum Gasteiger partial charge on any atom is 0.246 e. The second-order valence-corrected chi connectivity index (χ2v) is 11.0. The van der Waals surface area contributed by atoms with Crippen LogP contribution in [0.5, 0.6) is 11.5 Å². The smallest absolute Gasteiger partial charge is 0.246 e. The molecule has 0 saturated carbocycles. The normalized spacial score (nSPS) is 16.8. The van der Waals surface area contributed by atoms with Crippen molar-refractivity contribution in [2.45, 2.75) is 30.7 Å². The Morgan fingerprint density at radius 2 is 1.05 bits per heavy atom. The first-order valence-corrected chi connectivity index (χ1v) is 13.6. The molecule has 5 aromatic rings. The lowest BCUT2D eigenvalue weighted by atomic mass is 9.49. The number of carbonyl (C=O) groups excluding carboxylic acids is 1. The summed E-state index contributed by atoms with van der Waals surface area (Å²) in [6.07, 6.45) is 0. The lowest BCUT2D eigenvalue weighted by molar-refractivity contribution is -0.135. The van der Waals surface area contributed by atoms with Crippen molar-refractivity contribution >= 4 is 11.6 Å². The molecule has 2 spiro atoms. The molecule has 8 rings (SSSR count). The van der Waals surface area contributed by atoms with E-state index in [1.54, 1.807) is 0 Å². The quantitative estimate of drug-likeness (QED) is 0.227. The average molecular weight is 506 g/mol. The second-order valence-electron chi connectivity index (χ2n) is 11.0. The predicted octanol–water partition coefficient (Wildman–Crippen LogP) is 8.17. The molecule has 0 radical (unpaired) electrons. The fourth-order valence-electron chi connectivity index (χ4n) is 7.38. The first kappa shape index (κ1) is 22.4. The molecule has 1 amide bonds. The lowest BCUT2D eigenvalue weighted by Crippen LogP contribution is -2.79. The fraction of sp³-hybridized carbons (Fsp3) is 0.139. The van der Waals surface area contributed by atoms with Crippen molar-refractivity contribution in [3.8, 4) is 22.6 Å². The second kappa shape index (κ2) is 7.70. The molecule has 3 aliphatic rings.